The zero-order chi connectivity index (χ0) is 8.27. The SMILES string of the molecule is C#CCc1ccc(F)c(F)c1. The van der Waals surface area contributed by atoms with Crippen LogP contribution in [0.5, 0.6) is 0 Å². The van der Waals surface area contributed by atoms with E-state index in [1.165, 1.54) is 6.07 Å². The molecule has 0 N–H and O–H groups in total. The third kappa shape index (κ3) is 1.78. The molecule has 2 heteroatoms. The lowest BCUT2D eigenvalue weighted by molar-refractivity contribution is 0.507. The molecule has 1 aromatic carbocycles. The second-order valence-corrected chi connectivity index (χ2v) is 2.13. The van der Waals surface area contributed by atoms with Gasteiger partial charge in [0.15, 0.2) is 11.6 Å². The van der Waals surface area contributed by atoms with Crippen molar-refractivity contribution in [1.82, 2.24) is 0 Å². The normalized spacial score (nSPS) is 9.18. The van der Waals surface area contributed by atoms with Crippen LogP contribution in [0.2, 0.25) is 0 Å². The van der Waals surface area contributed by atoms with Crippen molar-refractivity contribution < 1.29 is 8.78 Å². The van der Waals surface area contributed by atoms with Crippen LogP contribution in [0.1, 0.15) is 5.56 Å². The molecule has 0 aliphatic carbocycles. The molecule has 0 amide bonds. The fraction of sp³-hybridized carbons (Fsp3) is 0.111. The number of terminal acetylenes is 1. The molecule has 0 radical (unpaired) electrons. The fourth-order valence-electron chi connectivity index (χ4n) is 0.767. The van der Waals surface area contributed by atoms with Crippen LogP contribution in [0.15, 0.2) is 18.2 Å². The zero-order valence-electron chi connectivity index (χ0n) is 5.77. The highest BCUT2D eigenvalue weighted by molar-refractivity contribution is 5.21. The molecule has 0 aromatic heterocycles. The molecule has 0 bridgehead atoms. The molecule has 0 heterocycles. The first kappa shape index (κ1) is 7.74. The standard InChI is InChI=1S/C9H6F2/c1-2-3-7-4-5-8(10)9(11)6-7/h1,4-6H,3H2. The van der Waals surface area contributed by atoms with E-state index in [1.807, 2.05) is 0 Å². The van der Waals surface area contributed by atoms with Gasteiger partial charge in [0.05, 0.1) is 0 Å². The van der Waals surface area contributed by atoms with Gasteiger partial charge < -0.3 is 0 Å². The minimum atomic E-state index is -0.849. The van der Waals surface area contributed by atoms with Crippen LogP contribution in [-0.2, 0) is 6.42 Å². The third-order valence-corrected chi connectivity index (χ3v) is 1.29. The van der Waals surface area contributed by atoms with Crippen LogP contribution in [-0.4, -0.2) is 0 Å². The zero-order valence-corrected chi connectivity index (χ0v) is 5.77. The molecule has 0 atom stereocenters. The summed E-state index contributed by atoms with van der Waals surface area (Å²) in [6.07, 6.45) is 5.31. The van der Waals surface area contributed by atoms with Gasteiger partial charge in [-0.1, -0.05) is 6.07 Å². The Morgan fingerprint density at radius 1 is 1.27 bits per heavy atom. The average Bonchev–Trinajstić information content (AvgIpc) is 1.98. The second kappa shape index (κ2) is 3.16. The number of hydrogen-bond donors (Lipinski definition) is 0. The van der Waals surface area contributed by atoms with Crippen molar-refractivity contribution in [2.24, 2.45) is 0 Å². The largest absolute Gasteiger partial charge is 0.204 e. The van der Waals surface area contributed by atoms with Crippen LogP contribution >= 0.6 is 0 Å². The van der Waals surface area contributed by atoms with Gasteiger partial charge in [-0.2, -0.15) is 0 Å². The molecule has 0 nitrogen and oxygen atoms in total. The highest BCUT2D eigenvalue weighted by atomic mass is 19.2. The van der Waals surface area contributed by atoms with Crippen molar-refractivity contribution >= 4 is 0 Å². The first-order valence-corrected chi connectivity index (χ1v) is 3.11. The highest BCUT2D eigenvalue weighted by Crippen LogP contribution is 2.08. The monoisotopic (exact) mass is 152 g/mol. The Labute approximate surface area is 63.9 Å². The fourth-order valence-corrected chi connectivity index (χ4v) is 0.767. The van der Waals surface area contributed by atoms with Gasteiger partial charge in [-0.3, -0.25) is 0 Å². The maximum absolute atomic E-state index is 12.5. The third-order valence-electron chi connectivity index (χ3n) is 1.29. The molecular weight excluding hydrogens is 146 g/mol. The summed E-state index contributed by atoms with van der Waals surface area (Å²) in [6, 6.07) is 3.65. The van der Waals surface area contributed by atoms with Crippen LogP contribution in [0.25, 0.3) is 0 Å². The Bertz CT molecular complexity index is 297. The van der Waals surface area contributed by atoms with E-state index in [1.54, 1.807) is 0 Å². The van der Waals surface area contributed by atoms with E-state index in [0.29, 0.717) is 12.0 Å². The van der Waals surface area contributed by atoms with Gasteiger partial charge in [-0.25, -0.2) is 8.78 Å². The lowest BCUT2D eigenvalue weighted by Crippen LogP contribution is -1.87. The van der Waals surface area contributed by atoms with Crippen LogP contribution < -0.4 is 0 Å². The Kier molecular flexibility index (Phi) is 2.22. The second-order valence-electron chi connectivity index (χ2n) is 2.13. The lowest BCUT2D eigenvalue weighted by atomic mass is 10.1. The molecule has 0 saturated heterocycles. The number of rotatable bonds is 1. The van der Waals surface area contributed by atoms with Crippen molar-refractivity contribution in [1.29, 1.82) is 0 Å². The summed E-state index contributed by atoms with van der Waals surface area (Å²) < 4.78 is 24.8. The summed E-state index contributed by atoms with van der Waals surface area (Å²) in [5, 5.41) is 0. The van der Waals surface area contributed by atoms with Crippen molar-refractivity contribution in [3.63, 3.8) is 0 Å². The molecule has 0 aliphatic heterocycles. The van der Waals surface area contributed by atoms with Gasteiger partial charge in [-0.05, 0) is 17.7 Å². The minimum Gasteiger partial charge on any atom is -0.204 e. The Hall–Kier alpha value is -1.36. The van der Waals surface area contributed by atoms with Gasteiger partial charge >= 0.3 is 0 Å². The van der Waals surface area contributed by atoms with Crippen molar-refractivity contribution in [2.75, 3.05) is 0 Å². The Morgan fingerprint density at radius 2 is 2.00 bits per heavy atom. The van der Waals surface area contributed by atoms with E-state index in [0.717, 1.165) is 12.1 Å². The minimum absolute atomic E-state index is 0.331. The number of hydrogen-bond acceptors (Lipinski definition) is 0. The van der Waals surface area contributed by atoms with E-state index < -0.39 is 11.6 Å². The molecule has 0 saturated carbocycles. The molecule has 1 rings (SSSR count). The van der Waals surface area contributed by atoms with Gasteiger partial charge in [-0.15, -0.1) is 12.3 Å². The first-order valence-electron chi connectivity index (χ1n) is 3.11. The van der Waals surface area contributed by atoms with Crippen molar-refractivity contribution in [2.45, 2.75) is 6.42 Å². The van der Waals surface area contributed by atoms with E-state index in [-0.39, 0.29) is 0 Å². The van der Waals surface area contributed by atoms with E-state index in [4.69, 9.17) is 6.42 Å². The maximum Gasteiger partial charge on any atom is 0.159 e. The molecule has 1 aromatic rings. The van der Waals surface area contributed by atoms with Crippen molar-refractivity contribution in [3.05, 3.63) is 35.4 Å². The van der Waals surface area contributed by atoms with Gasteiger partial charge in [0.25, 0.3) is 0 Å². The van der Waals surface area contributed by atoms with Gasteiger partial charge in [0.1, 0.15) is 0 Å². The smallest absolute Gasteiger partial charge is 0.159 e. The predicted octanol–water partition coefficient (Wildman–Crippen LogP) is 2.14. The molecule has 11 heavy (non-hydrogen) atoms. The Morgan fingerprint density at radius 3 is 2.55 bits per heavy atom. The summed E-state index contributed by atoms with van der Waals surface area (Å²) in [7, 11) is 0. The highest BCUT2D eigenvalue weighted by Gasteiger charge is 2.00. The molecule has 0 fully saturated rings. The van der Waals surface area contributed by atoms with Crippen LogP contribution in [0, 0.1) is 24.0 Å². The number of benzene rings is 1. The predicted molar refractivity (Wildman–Crippen MR) is 38.9 cm³/mol. The summed E-state index contributed by atoms with van der Waals surface area (Å²) in [4.78, 5) is 0. The van der Waals surface area contributed by atoms with Gasteiger partial charge in [0.2, 0.25) is 0 Å². The van der Waals surface area contributed by atoms with E-state index in [2.05, 4.69) is 5.92 Å². The van der Waals surface area contributed by atoms with Gasteiger partial charge in [0, 0.05) is 6.42 Å². The van der Waals surface area contributed by atoms with E-state index in [9.17, 15) is 8.78 Å². The summed E-state index contributed by atoms with van der Waals surface area (Å²) in [6.45, 7) is 0. The first-order chi connectivity index (χ1) is 5.24. The molecule has 0 spiro atoms. The van der Waals surface area contributed by atoms with Crippen LogP contribution in [0.4, 0.5) is 8.78 Å². The molecule has 56 valence electrons. The molecule has 0 aliphatic rings. The lowest BCUT2D eigenvalue weighted by Gasteiger charge is -1.95. The summed E-state index contributed by atoms with van der Waals surface area (Å²) in [5.74, 6) is 0.650. The maximum atomic E-state index is 12.5. The summed E-state index contributed by atoms with van der Waals surface area (Å²) in [5.41, 5.74) is 0.617. The van der Waals surface area contributed by atoms with E-state index >= 15 is 0 Å². The quantitative estimate of drug-likeness (QED) is 0.541. The van der Waals surface area contributed by atoms with Crippen molar-refractivity contribution in [3.8, 4) is 12.3 Å². The molecular formula is C9H6F2. The molecule has 0 unspecified atom stereocenters. The Balaban J connectivity index is 2.98. The average molecular weight is 152 g/mol. The summed E-state index contributed by atoms with van der Waals surface area (Å²) >= 11 is 0. The van der Waals surface area contributed by atoms with Crippen LogP contribution in [0.3, 0.4) is 0 Å². The number of halogens is 2. The topological polar surface area (TPSA) is 0 Å².